The zero-order chi connectivity index (χ0) is 31.1. The van der Waals surface area contributed by atoms with Crippen LogP contribution in [0.1, 0.15) is 39.0 Å². The van der Waals surface area contributed by atoms with Gasteiger partial charge in [-0.15, -0.1) is 0 Å². The van der Waals surface area contributed by atoms with Gasteiger partial charge >= 0.3 is 5.97 Å². The van der Waals surface area contributed by atoms with Gasteiger partial charge in [0.15, 0.2) is 0 Å². The van der Waals surface area contributed by atoms with Crippen molar-refractivity contribution in [2.24, 2.45) is 0 Å². The molecule has 0 bridgehead atoms. The van der Waals surface area contributed by atoms with Crippen LogP contribution >= 0.6 is 0 Å². The lowest BCUT2D eigenvalue weighted by Crippen LogP contribution is -2.33. The summed E-state index contributed by atoms with van der Waals surface area (Å²) in [4.78, 5) is 29.7. The van der Waals surface area contributed by atoms with Gasteiger partial charge in [-0.3, -0.25) is 4.79 Å². The fraction of sp³-hybridized carbons (Fsp3) is 0.235. The summed E-state index contributed by atoms with van der Waals surface area (Å²) >= 11 is 0. The van der Waals surface area contributed by atoms with Crippen LogP contribution in [0.25, 0.3) is 11.3 Å². The van der Waals surface area contributed by atoms with Gasteiger partial charge in [-0.25, -0.2) is 14.2 Å². The van der Waals surface area contributed by atoms with Gasteiger partial charge in [0.25, 0.3) is 0 Å². The molecule has 9 nitrogen and oxygen atoms in total. The second-order valence-electron chi connectivity index (χ2n) is 10.4. The molecule has 10 heteroatoms. The van der Waals surface area contributed by atoms with Crippen LogP contribution in [-0.2, 0) is 27.3 Å². The molecule has 0 spiro atoms. The number of anilines is 2. The van der Waals surface area contributed by atoms with Gasteiger partial charge in [0.05, 0.1) is 53.9 Å². The van der Waals surface area contributed by atoms with E-state index in [4.69, 9.17) is 19.5 Å². The molecule has 0 unspecified atom stereocenters. The topological polar surface area (TPSA) is 123 Å². The van der Waals surface area contributed by atoms with Gasteiger partial charge in [0.2, 0.25) is 11.8 Å². The molecular formula is C34H31FN4O5. The number of halogens is 1. The lowest BCUT2D eigenvalue weighted by molar-refractivity contribution is -0.115. The second-order valence-corrected chi connectivity index (χ2v) is 10.4. The first kappa shape index (κ1) is 30.2. The molecule has 0 radical (unpaired) electrons. The van der Waals surface area contributed by atoms with E-state index in [-0.39, 0.29) is 30.6 Å². The summed E-state index contributed by atoms with van der Waals surface area (Å²) in [5.41, 5.74) is 5.38. The van der Waals surface area contributed by atoms with E-state index in [0.717, 1.165) is 29.7 Å². The summed E-state index contributed by atoms with van der Waals surface area (Å²) in [6.07, 6.45) is 1.18. The summed E-state index contributed by atoms with van der Waals surface area (Å²) < 4.78 is 30.3. The van der Waals surface area contributed by atoms with E-state index in [9.17, 15) is 14.0 Å². The van der Waals surface area contributed by atoms with E-state index in [1.165, 1.54) is 19.2 Å². The molecule has 0 aliphatic carbocycles. The number of nitriles is 1. The Morgan fingerprint density at radius 1 is 1.09 bits per heavy atom. The number of nitrogens with zero attached hydrogens (tertiary/aromatic N) is 2. The Bertz CT molecular complexity index is 1730. The van der Waals surface area contributed by atoms with Gasteiger partial charge in [-0.2, -0.15) is 5.26 Å². The van der Waals surface area contributed by atoms with E-state index < -0.39 is 11.8 Å². The SMILES string of the molecule is COC(=O)c1ccc(NC(=O)Cc2ccc(-c3cccc(OCc4ccc(C#N)cc4F)n3)c(C)c2)c(NC[C@@H]2CCO2)c1. The van der Waals surface area contributed by atoms with Crippen LogP contribution in [0.3, 0.4) is 0 Å². The van der Waals surface area contributed by atoms with Crippen LogP contribution < -0.4 is 15.4 Å². The minimum atomic E-state index is -0.510. The van der Waals surface area contributed by atoms with Gasteiger partial charge in [-0.05, 0) is 60.9 Å². The van der Waals surface area contributed by atoms with E-state index in [0.29, 0.717) is 40.6 Å². The summed E-state index contributed by atoms with van der Waals surface area (Å²) in [6.45, 7) is 3.19. The Kier molecular flexibility index (Phi) is 9.47. The number of rotatable bonds is 11. The van der Waals surface area contributed by atoms with Crippen molar-refractivity contribution in [1.82, 2.24) is 4.98 Å². The Morgan fingerprint density at radius 2 is 1.93 bits per heavy atom. The van der Waals surface area contributed by atoms with Gasteiger partial charge in [0, 0.05) is 30.3 Å². The number of benzene rings is 3. The van der Waals surface area contributed by atoms with E-state index in [1.807, 2.05) is 43.3 Å². The number of carbonyl (C=O) groups is 2. The number of aryl methyl sites for hydroxylation is 1. The molecule has 1 aliphatic rings. The van der Waals surface area contributed by atoms with Gasteiger partial charge in [-0.1, -0.05) is 30.3 Å². The van der Waals surface area contributed by atoms with Gasteiger partial charge in [0.1, 0.15) is 12.4 Å². The third-order valence-electron chi connectivity index (χ3n) is 7.24. The number of hydrogen-bond donors (Lipinski definition) is 2. The molecule has 4 aromatic rings. The summed E-state index contributed by atoms with van der Waals surface area (Å²) in [7, 11) is 1.32. The number of esters is 1. The van der Waals surface area contributed by atoms with Crippen molar-refractivity contribution in [2.75, 3.05) is 30.9 Å². The average Bonchev–Trinajstić information content (AvgIpc) is 3.00. The maximum atomic E-state index is 14.2. The summed E-state index contributed by atoms with van der Waals surface area (Å²) in [5, 5.41) is 15.2. The predicted molar refractivity (Wildman–Crippen MR) is 163 cm³/mol. The van der Waals surface area contributed by atoms with Crippen LogP contribution in [-0.4, -0.2) is 43.2 Å². The smallest absolute Gasteiger partial charge is 0.337 e. The fourth-order valence-electron chi connectivity index (χ4n) is 4.75. The third-order valence-corrected chi connectivity index (χ3v) is 7.24. The number of methoxy groups -OCH3 is 1. The lowest BCUT2D eigenvalue weighted by Gasteiger charge is -2.27. The average molecular weight is 595 g/mol. The largest absolute Gasteiger partial charge is 0.473 e. The first-order chi connectivity index (χ1) is 21.3. The van der Waals surface area contributed by atoms with E-state index >= 15 is 0 Å². The molecule has 1 atom stereocenters. The third kappa shape index (κ3) is 7.38. The Balaban J connectivity index is 1.24. The maximum absolute atomic E-state index is 14.2. The Morgan fingerprint density at radius 3 is 2.64 bits per heavy atom. The van der Waals surface area contributed by atoms with Crippen LogP contribution in [0.4, 0.5) is 15.8 Å². The highest BCUT2D eigenvalue weighted by Gasteiger charge is 2.19. The molecule has 1 saturated heterocycles. The fourth-order valence-corrected chi connectivity index (χ4v) is 4.75. The summed E-state index contributed by atoms with van der Waals surface area (Å²) in [5.74, 6) is -0.854. The lowest BCUT2D eigenvalue weighted by atomic mass is 10.0. The highest BCUT2D eigenvalue weighted by molar-refractivity contribution is 5.98. The molecule has 1 aromatic heterocycles. The molecule has 5 rings (SSSR count). The van der Waals surface area contributed by atoms with Crippen molar-refractivity contribution < 1.29 is 28.2 Å². The van der Waals surface area contributed by atoms with E-state index in [2.05, 4.69) is 15.6 Å². The first-order valence-corrected chi connectivity index (χ1v) is 14.1. The van der Waals surface area contributed by atoms with Crippen molar-refractivity contribution in [1.29, 1.82) is 5.26 Å². The van der Waals surface area contributed by atoms with Gasteiger partial charge < -0.3 is 24.8 Å². The Hall–Kier alpha value is -5.27. The quantitative estimate of drug-likeness (QED) is 0.209. The standard InChI is InChI=1S/C34H31FN4O5/c1-21-14-22(16-32(40)38-30-11-9-24(34(41)42-2)17-31(30)37-19-26-12-13-43-26)7-10-27(21)29-4-3-5-33(39-29)44-20-25-8-6-23(18-36)15-28(25)35/h3-11,14-15,17,26,37H,12-13,16,19-20H2,1-2H3,(H,38,40)/t26-/m0/s1. The number of nitrogens with one attached hydrogen (secondary N) is 2. The molecular weight excluding hydrogens is 563 g/mol. The normalized spacial score (nSPS) is 13.7. The zero-order valence-electron chi connectivity index (χ0n) is 24.4. The van der Waals surface area contributed by atoms with Crippen molar-refractivity contribution in [2.45, 2.75) is 32.5 Å². The molecule has 2 N–H and O–H groups in total. The molecule has 0 saturated carbocycles. The molecule has 3 aromatic carbocycles. The van der Waals surface area contributed by atoms with Crippen LogP contribution in [0.15, 0.2) is 72.8 Å². The number of ether oxygens (including phenoxy) is 3. The van der Waals surface area contributed by atoms with Crippen molar-refractivity contribution in [3.63, 3.8) is 0 Å². The van der Waals surface area contributed by atoms with Crippen LogP contribution in [0.2, 0.25) is 0 Å². The molecule has 1 amide bonds. The minimum absolute atomic E-state index is 0.0297. The monoisotopic (exact) mass is 594 g/mol. The second kappa shape index (κ2) is 13.8. The molecule has 224 valence electrons. The van der Waals surface area contributed by atoms with Crippen molar-refractivity contribution >= 4 is 23.3 Å². The Labute approximate surface area is 254 Å². The number of aromatic nitrogens is 1. The zero-order valence-corrected chi connectivity index (χ0v) is 24.4. The molecule has 2 heterocycles. The first-order valence-electron chi connectivity index (χ1n) is 14.1. The minimum Gasteiger partial charge on any atom is -0.473 e. The number of amides is 1. The van der Waals surface area contributed by atoms with Crippen LogP contribution in [0.5, 0.6) is 5.88 Å². The maximum Gasteiger partial charge on any atom is 0.337 e. The van der Waals surface area contributed by atoms with Crippen molar-refractivity contribution in [3.05, 3.63) is 106 Å². The molecule has 44 heavy (non-hydrogen) atoms. The van der Waals surface area contributed by atoms with E-state index in [1.54, 1.807) is 30.3 Å². The molecule has 1 aliphatic heterocycles. The number of carbonyl (C=O) groups excluding carboxylic acids is 2. The number of pyridine rings is 1. The highest BCUT2D eigenvalue weighted by Crippen LogP contribution is 2.27. The summed E-state index contributed by atoms with van der Waals surface area (Å²) in [6, 6.07) is 22.2. The molecule has 1 fully saturated rings. The predicted octanol–water partition coefficient (Wildman–Crippen LogP) is 5.82. The van der Waals surface area contributed by atoms with Crippen LogP contribution in [0, 0.1) is 24.1 Å². The highest BCUT2D eigenvalue weighted by atomic mass is 19.1. The van der Waals surface area contributed by atoms with Crippen molar-refractivity contribution in [3.8, 4) is 23.2 Å². The number of hydrogen-bond acceptors (Lipinski definition) is 8.